The van der Waals surface area contributed by atoms with Crippen LogP contribution in [0.1, 0.15) is 4.88 Å². The number of hydrazone groups is 1. The molecule has 1 aromatic carbocycles. The molecule has 9 nitrogen and oxygen atoms in total. The molecule has 2 aromatic rings. The van der Waals surface area contributed by atoms with E-state index in [1.54, 1.807) is 0 Å². The Morgan fingerprint density at radius 2 is 2.07 bits per heavy atom. The third kappa shape index (κ3) is 4.71. The van der Waals surface area contributed by atoms with E-state index in [0.29, 0.717) is 13.2 Å². The molecule has 0 atom stereocenters. The van der Waals surface area contributed by atoms with E-state index in [9.17, 15) is 18.5 Å². The Hall–Kier alpha value is -1.86. The molecule has 12 heteroatoms. The average molecular weight is 475 g/mol. The summed E-state index contributed by atoms with van der Waals surface area (Å²) in [6.07, 6.45) is 1.53. The molecule has 0 aliphatic carbocycles. The monoisotopic (exact) mass is 474 g/mol. The Kier molecular flexibility index (Phi) is 6.22. The highest BCUT2D eigenvalue weighted by Gasteiger charge is 2.28. The van der Waals surface area contributed by atoms with E-state index < -0.39 is 14.9 Å². The maximum Gasteiger partial charge on any atom is 0.295 e. The zero-order valence-electron chi connectivity index (χ0n) is 13.9. The van der Waals surface area contributed by atoms with E-state index in [2.05, 4.69) is 26.5 Å². The van der Waals surface area contributed by atoms with Crippen LogP contribution in [0.3, 0.4) is 0 Å². The molecule has 1 saturated heterocycles. The lowest BCUT2D eigenvalue weighted by atomic mass is 10.3. The fourth-order valence-corrected chi connectivity index (χ4v) is 5.15. The molecular weight excluding hydrogens is 460 g/mol. The lowest BCUT2D eigenvalue weighted by molar-refractivity contribution is -0.384. The molecular formula is C15H15BrN4O5S2. The Balaban J connectivity index is 1.84. The number of rotatable bonds is 6. The van der Waals surface area contributed by atoms with Gasteiger partial charge in [0.25, 0.3) is 5.69 Å². The number of benzene rings is 1. The summed E-state index contributed by atoms with van der Waals surface area (Å²) >= 11 is 4.78. The highest BCUT2D eigenvalue weighted by molar-refractivity contribution is 9.10. The number of hydrogen-bond donors (Lipinski definition) is 1. The number of nitrogens with one attached hydrogen (secondary N) is 1. The Bertz CT molecular complexity index is 970. The molecule has 144 valence electrons. The number of thiophene rings is 1. The summed E-state index contributed by atoms with van der Waals surface area (Å²) in [5, 5.41) is 17.3. The lowest BCUT2D eigenvalue weighted by Gasteiger charge is -2.26. The minimum absolute atomic E-state index is 0.104. The maximum absolute atomic E-state index is 12.7. The van der Waals surface area contributed by atoms with Crippen LogP contribution in [-0.2, 0) is 14.8 Å². The van der Waals surface area contributed by atoms with Gasteiger partial charge in [0.2, 0.25) is 10.0 Å². The number of ether oxygens (including phenoxy) is 1. The van der Waals surface area contributed by atoms with Crippen molar-refractivity contribution in [1.29, 1.82) is 0 Å². The SMILES string of the molecule is O=[N+]([O-])c1cc(S(=O)(=O)N2CCOCC2)ccc1N/N=C/c1cc(Br)cs1. The van der Waals surface area contributed by atoms with Crippen LogP contribution < -0.4 is 5.43 Å². The summed E-state index contributed by atoms with van der Waals surface area (Å²) in [4.78, 5) is 11.5. The summed E-state index contributed by atoms with van der Waals surface area (Å²) in [6, 6.07) is 5.57. The number of nitro groups is 1. The minimum atomic E-state index is -3.82. The number of nitrogens with zero attached hydrogens (tertiary/aromatic N) is 3. The number of sulfonamides is 1. The molecule has 1 aromatic heterocycles. The highest BCUT2D eigenvalue weighted by atomic mass is 79.9. The number of nitro benzene ring substituents is 1. The van der Waals surface area contributed by atoms with Gasteiger partial charge >= 0.3 is 0 Å². The molecule has 27 heavy (non-hydrogen) atoms. The second-order valence-electron chi connectivity index (χ2n) is 5.49. The molecule has 1 N–H and O–H groups in total. The normalized spacial score (nSPS) is 15.9. The zero-order valence-corrected chi connectivity index (χ0v) is 17.1. The van der Waals surface area contributed by atoms with Crippen molar-refractivity contribution in [2.45, 2.75) is 4.90 Å². The average Bonchev–Trinajstić information content (AvgIpc) is 3.07. The molecule has 2 heterocycles. The number of hydrogen-bond acceptors (Lipinski definition) is 8. The van der Waals surface area contributed by atoms with E-state index in [0.717, 1.165) is 15.4 Å². The first-order valence-electron chi connectivity index (χ1n) is 7.77. The van der Waals surface area contributed by atoms with E-state index in [4.69, 9.17) is 4.74 Å². The quantitative estimate of drug-likeness (QED) is 0.391. The molecule has 3 rings (SSSR count). The molecule has 0 amide bonds. The molecule has 0 bridgehead atoms. The summed E-state index contributed by atoms with van der Waals surface area (Å²) in [7, 11) is -3.82. The third-order valence-corrected chi connectivity index (χ3v) is 7.26. The molecule has 1 fully saturated rings. The predicted molar refractivity (Wildman–Crippen MR) is 106 cm³/mol. The van der Waals surface area contributed by atoms with Crippen LogP contribution in [0.2, 0.25) is 0 Å². The van der Waals surface area contributed by atoms with Crippen molar-refractivity contribution in [3.8, 4) is 0 Å². The van der Waals surface area contributed by atoms with Crippen LogP contribution in [0.15, 0.2) is 44.1 Å². The Morgan fingerprint density at radius 3 is 2.70 bits per heavy atom. The van der Waals surface area contributed by atoms with Crippen LogP contribution in [0.25, 0.3) is 0 Å². The van der Waals surface area contributed by atoms with Crippen LogP contribution in [0.4, 0.5) is 11.4 Å². The van der Waals surface area contributed by atoms with Crippen LogP contribution in [-0.4, -0.2) is 50.2 Å². The second-order valence-corrected chi connectivity index (χ2v) is 9.29. The predicted octanol–water partition coefficient (Wildman–Crippen LogP) is 2.89. The van der Waals surface area contributed by atoms with Crippen molar-refractivity contribution in [2.24, 2.45) is 5.10 Å². The molecule has 1 aliphatic heterocycles. The van der Waals surface area contributed by atoms with E-state index in [1.165, 1.54) is 34.0 Å². The highest BCUT2D eigenvalue weighted by Crippen LogP contribution is 2.29. The van der Waals surface area contributed by atoms with Gasteiger partial charge in [0.15, 0.2) is 0 Å². The summed E-state index contributed by atoms with van der Waals surface area (Å²) < 4.78 is 32.7. The van der Waals surface area contributed by atoms with Gasteiger partial charge in [0, 0.05) is 33.9 Å². The molecule has 1 aliphatic rings. The van der Waals surface area contributed by atoms with Gasteiger partial charge in [-0.3, -0.25) is 15.5 Å². The first-order chi connectivity index (χ1) is 12.9. The topological polar surface area (TPSA) is 114 Å². The fraction of sp³-hybridized carbons (Fsp3) is 0.267. The van der Waals surface area contributed by atoms with Crippen molar-refractivity contribution in [2.75, 3.05) is 31.7 Å². The van der Waals surface area contributed by atoms with Crippen molar-refractivity contribution in [3.63, 3.8) is 0 Å². The van der Waals surface area contributed by atoms with Gasteiger partial charge in [-0.15, -0.1) is 11.3 Å². The molecule has 0 saturated carbocycles. The number of halogens is 1. The van der Waals surface area contributed by atoms with Gasteiger partial charge in [-0.05, 0) is 34.1 Å². The largest absolute Gasteiger partial charge is 0.379 e. The Morgan fingerprint density at radius 1 is 1.33 bits per heavy atom. The van der Waals surface area contributed by atoms with Gasteiger partial charge < -0.3 is 4.74 Å². The van der Waals surface area contributed by atoms with Crippen molar-refractivity contribution in [3.05, 3.63) is 49.1 Å². The Labute approximate surface area is 168 Å². The minimum Gasteiger partial charge on any atom is -0.379 e. The zero-order chi connectivity index (χ0) is 19.4. The van der Waals surface area contributed by atoms with E-state index in [1.807, 2.05) is 11.4 Å². The summed E-state index contributed by atoms with van der Waals surface area (Å²) in [6.45, 7) is 1.04. The molecule has 0 spiro atoms. The molecule has 0 radical (unpaired) electrons. The maximum atomic E-state index is 12.7. The summed E-state index contributed by atoms with van der Waals surface area (Å²) in [5.74, 6) is 0. The van der Waals surface area contributed by atoms with Crippen LogP contribution >= 0.6 is 27.3 Å². The lowest BCUT2D eigenvalue weighted by Crippen LogP contribution is -2.40. The van der Waals surface area contributed by atoms with Gasteiger partial charge in [0.05, 0.1) is 29.2 Å². The van der Waals surface area contributed by atoms with Crippen molar-refractivity contribution in [1.82, 2.24) is 4.31 Å². The van der Waals surface area contributed by atoms with Crippen LogP contribution in [0.5, 0.6) is 0 Å². The van der Waals surface area contributed by atoms with Gasteiger partial charge in [-0.1, -0.05) is 0 Å². The van der Waals surface area contributed by atoms with Gasteiger partial charge in [0.1, 0.15) is 5.69 Å². The van der Waals surface area contributed by atoms with Crippen LogP contribution in [0, 0.1) is 10.1 Å². The molecule has 0 unspecified atom stereocenters. The standard InChI is InChI=1S/C15H15BrN4O5S2/c16-11-7-12(26-10-11)9-17-18-14-2-1-13(8-15(14)20(21)22)27(23,24)19-3-5-25-6-4-19/h1-2,7-10,18H,3-6H2/b17-9+. The second kappa shape index (κ2) is 8.44. The smallest absolute Gasteiger partial charge is 0.295 e. The van der Waals surface area contributed by atoms with Crippen molar-refractivity contribution >= 4 is 54.9 Å². The van der Waals surface area contributed by atoms with E-state index in [-0.39, 0.29) is 29.4 Å². The first-order valence-corrected chi connectivity index (χ1v) is 10.9. The van der Waals surface area contributed by atoms with Crippen molar-refractivity contribution < 1.29 is 18.1 Å². The number of anilines is 1. The van der Waals surface area contributed by atoms with Gasteiger partial charge in [-0.2, -0.15) is 9.41 Å². The summed E-state index contributed by atoms with van der Waals surface area (Å²) in [5.41, 5.74) is 2.34. The van der Waals surface area contributed by atoms with Gasteiger partial charge in [-0.25, -0.2) is 8.42 Å². The number of morpholine rings is 1. The van der Waals surface area contributed by atoms with E-state index >= 15 is 0 Å². The third-order valence-electron chi connectivity index (χ3n) is 3.74. The first kappa shape index (κ1) is 19.9. The fourth-order valence-electron chi connectivity index (χ4n) is 2.41.